The molecule has 0 spiro atoms. The number of halogens is 1. The zero-order valence-corrected chi connectivity index (χ0v) is 29.2. The van der Waals surface area contributed by atoms with Gasteiger partial charge in [0.2, 0.25) is 0 Å². The van der Waals surface area contributed by atoms with Crippen LogP contribution in [0.2, 0.25) is 0 Å². The lowest BCUT2D eigenvalue weighted by Crippen LogP contribution is -2.50. The number of pyridine rings is 1. The molecule has 0 amide bonds. The maximum atomic E-state index is 14.0. The summed E-state index contributed by atoms with van der Waals surface area (Å²) in [7, 11) is 0. The van der Waals surface area contributed by atoms with Gasteiger partial charge in [0, 0.05) is 63.0 Å². The van der Waals surface area contributed by atoms with E-state index >= 15 is 0 Å². The van der Waals surface area contributed by atoms with Crippen LogP contribution in [-0.2, 0) is 28.4 Å². The van der Waals surface area contributed by atoms with Crippen LogP contribution in [0.4, 0.5) is 21.6 Å². The molecule has 1 aromatic heterocycles. The Morgan fingerprint density at radius 3 is 1.88 bits per heavy atom. The van der Waals surface area contributed by atoms with E-state index in [1.54, 1.807) is 6.07 Å². The SMILES string of the molecule is NCCOCCOCCOCCOCCOCCOCCC1CCN(c2ccnc(N3CC[C@@H]4[C@H]3CCCN4c3cccc(F)c3)c2)CC1. The molecule has 0 saturated carbocycles. The van der Waals surface area contributed by atoms with Gasteiger partial charge in [-0.15, -0.1) is 0 Å². The Kier molecular flexibility index (Phi) is 16.6. The molecule has 0 aliphatic carbocycles. The molecule has 5 rings (SSSR count). The predicted molar refractivity (Wildman–Crippen MR) is 190 cm³/mol. The Labute approximate surface area is 292 Å². The first-order chi connectivity index (χ1) is 24.2. The van der Waals surface area contributed by atoms with Crippen molar-refractivity contribution in [3.05, 3.63) is 48.4 Å². The molecule has 3 aliphatic heterocycles. The number of anilines is 3. The second-order valence-corrected chi connectivity index (χ2v) is 13.0. The first kappa shape index (κ1) is 37.7. The fraction of sp³-hybridized carbons (Fsp3) is 0.703. The zero-order valence-electron chi connectivity index (χ0n) is 29.2. The van der Waals surface area contributed by atoms with E-state index in [9.17, 15) is 4.39 Å². The second-order valence-electron chi connectivity index (χ2n) is 13.0. The highest BCUT2D eigenvalue weighted by atomic mass is 19.1. The van der Waals surface area contributed by atoms with Crippen LogP contribution in [0, 0.1) is 11.7 Å². The summed E-state index contributed by atoms with van der Waals surface area (Å²) in [6.45, 7) is 11.5. The van der Waals surface area contributed by atoms with Crippen molar-refractivity contribution >= 4 is 17.2 Å². The van der Waals surface area contributed by atoms with E-state index in [1.807, 2.05) is 18.3 Å². The molecule has 1 aromatic carbocycles. The highest BCUT2D eigenvalue weighted by Gasteiger charge is 2.41. The molecule has 3 fully saturated rings. The lowest BCUT2D eigenvalue weighted by Gasteiger charge is -2.41. The van der Waals surface area contributed by atoms with Crippen LogP contribution in [0.5, 0.6) is 0 Å². The minimum absolute atomic E-state index is 0.165. The molecule has 2 N–H and O–H groups in total. The molecular weight excluding hydrogens is 629 g/mol. The lowest BCUT2D eigenvalue weighted by atomic mass is 9.93. The summed E-state index contributed by atoms with van der Waals surface area (Å²) < 4.78 is 47.2. The van der Waals surface area contributed by atoms with Gasteiger partial charge in [-0.1, -0.05) is 6.07 Å². The average Bonchev–Trinajstić information content (AvgIpc) is 3.57. The smallest absolute Gasteiger partial charge is 0.130 e. The molecule has 0 radical (unpaired) electrons. The van der Waals surface area contributed by atoms with Gasteiger partial charge in [-0.3, -0.25) is 0 Å². The summed E-state index contributed by atoms with van der Waals surface area (Å²) in [5.74, 6) is 1.59. The van der Waals surface area contributed by atoms with Crippen LogP contribution in [-0.4, -0.2) is 129 Å². The largest absolute Gasteiger partial charge is 0.379 e. The molecule has 2 aromatic rings. The van der Waals surface area contributed by atoms with Crippen molar-refractivity contribution in [2.75, 3.05) is 127 Å². The Bertz CT molecular complexity index is 1190. The molecule has 11 nitrogen and oxygen atoms in total. The molecule has 274 valence electrons. The standard InChI is InChI=1S/C37H58FN5O6/c38-32-3-1-4-34(29-32)42-13-2-5-35-36(42)9-16-43(35)37-30-33(6-12-40-37)41-14-7-31(8-15-41)10-17-44-19-21-46-23-25-48-27-28-49-26-24-47-22-20-45-18-11-39/h1,3-4,6,12,29-31,35-36H,2,5,7-11,13-28,39H2/t35-,36-/m1/s1. The van der Waals surface area contributed by atoms with Gasteiger partial charge < -0.3 is 48.9 Å². The van der Waals surface area contributed by atoms with Crippen molar-refractivity contribution in [1.82, 2.24) is 4.98 Å². The predicted octanol–water partition coefficient (Wildman–Crippen LogP) is 4.13. The number of aromatic nitrogens is 1. The van der Waals surface area contributed by atoms with Crippen LogP contribution in [0.25, 0.3) is 0 Å². The van der Waals surface area contributed by atoms with Crippen molar-refractivity contribution in [3.8, 4) is 0 Å². The summed E-state index contributed by atoms with van der Waals surface area (Å²) >= 11 is 0. The third kappa shape index (κ3) is 12.3. The van der Waals surface area contributed by atoms with Crippen molar-refractivity contribution in [3.63, 3.8) is 0 Å². The molecule has 12 heteroatoms. The van der Waals surface area contributed by atoms with Crippen molar-refractivity contribution in [1.29, 1.82) is 0 Å². The Hall–Kier alpha value is -2.58. The molecule has 3 saturated heterocycles. The third-order valence-corrected chi connectivity index (χ3v) is 9.75. The summed E-state index contributed by atoms with van der Waals surface area (Å²) in [4.78, 5) is 12.2. The highest BCUT2D eigenvalue weighted by Crippen LogP contribution is 2.37. The second kappa shape index (κ2) is 21.6. The van der Waals surface area contributed by atoms with Crippen LogP contribution >= 0.6 is 0 Å². The summed E-state index contributed by atoms with van der Waals surface area (Å²) in [5, 5.41) is 0. The number of hydrogen-bond acceptors (Lipinski definition) is 11. The van der Waals surface area contributed by atoms with Crippen molar-refractivity contribution in [2.24, 2.45) is 11.7 Å². The number of rotatable bonds is 23. The van der Waals surface area contributed by atoms with Gasteiger partial charge in [0.05, 0.1) is 84.8 Å². The van der Waals surface area contributed by atoms with Crippen LogP contribution < -0.4 is 20.4 Å². The van der Waals surface area contributed by atoms with Crippen molar-refractivity contribution < 1.29 is 32.8 Å². The molecule has 4 heterocycles. The van der Waals surface area contributed by atoms with E-state index < -0.39 is 0 Å². The number of nitrogens with zero attached hydrogens (tertiary/aromatic N) is 4. The lowest BCUT2D eigenvalue weighted by molar-refractivity contribution is -0.0169. The Balaban J connectivity index is 0.883. The normalized spacial score (nSPS) is 19.9. The van der Waals surface area contributed by atoms with Gasteiger partial charge in [-0.05, 0) is 68.7 Å². The van der Waals surface area contributed by atoms with Gasteiger partial charge in [0.15, 0.2) is 0 Å². The monoisotopic (exact) mass is 687 g/mol. The first-order valence-electron chi connectivity index (χ1n) is 18.4. The van der Waals surface area contributed by atoms with Gasteiger partial charge in [-0.2, -0.15) is 0 Å². The Morgan fingerprint density at radius 1 is 0.633 bits per heavy atom. The number of ether oxygens (including phenoxy) is 6. The maximum Gasteiger partial charge on any atom is 0.130 e. The first-order valence-corrected chi connectivity index (χ1v) is 18.4. The minimum Gasteiger partial charge on any atom is -0.379 e. The molecule has 2 atom stereocenters. The summed E-state index contributed by atoms with van der Waals surface area (Å²) in [6.07, 6.45) is 8.73. The quantitative estimate of drug-likeness (QED) is 0.171. The molecule has 3 aliphatic rings. The van der Waals surface area contributed by atoms with Crippen molar-refractivity contribution in [2.45, 2.75) is 50.6 Å². The van der Waals surface area contributed by atoms with E-state index in [0.29, 0.717) is 97.2 Å². The molecule has 0 unspecified atom stereocenters. The minimum atomic E-state index is -0.165. The number of benzene rings is 1. The van der Waals surface area contributed by atoms with Gasteiger partial charge >= 0.3 is 0 Å². The topological polar surface area (TPSA) is 104 Å². The maximum absolute atomic E-state index is 14.0. The summed E-state index contributed by atoms with van der Waals surface area (Å²) in [6, 6.07) is 12.3. The van der Waals surface area contributed by atoms with Gasteiger partial charge in [-0.25, -0.2) is 9.37 Å². The van der Waals surface area contributed by atoms with Crippen LogP contribution in [0.1, 0.15) is 38.5 Å². The van der Waals surface area contributed by atoms with E-state index in [2.05, 4.69) is 26.8 Å². The van der Waals surface area contributed by atoms with Crippen LogP contribution in [0.3, 0.4) is 0 Å². The number of fused-ring (bicyclic) bond motifs is 1. The average molecular weight is 688 g/mol. The Morgan fingerprint density at radius 2 is 1.24 bits per heavy atom. The number of piperidine rings is 2. The third-order valence-electron chi connectivity index (χ3n) is 9.75. The molecule has 49 heavy (non-hydrogen) atoms. The van der Waals surface area contributed by atoms with E-state index in [-0.39, 0.29) is 5.82 Å². The van der Waals surface area contributed by atoms with E-state index in [4.69, 9.17) is 39.1 Å². The molecular formula is C37H58FN5O6. The number of nitrogens with two attached hydrogens (primary N) is 1. The number of hydrogen-bond donors (Lipinski definition) is 1. The van der Waals surface area contributed by atoms with E-state index in [0.717, 1.165) is 70.0 Å². The fourth-order valence-electron chi connectivity index (χ4n) is 7.22. The highest BCUT2D eigenvalue weighted by molar-refractivity contribution is 5.58. The van der Waals surface area contributed by atoms with Crippen LogP contribution in [0.15, 0.2) is 42.6 Å². The zero-order chi connectivity index (χ0) is 33.9. The van der Waals surface area contributed by atoms with Gasteiger partial charge in [0.1, 0.15) is 11.6 Å². The molecule has 0 bridgehead atoms. The van der Waals surface area contributed by atoms with Gasteiger partial charge in [0.25, 0.3) is 0 Å². The fourth-order valence-corrected chi connectivity index (χ4v) is 7.22. The van der Waals surface area contributed by atoms with E-state index in [1.165, 1.54) is 24.6 Å². The summed E-state index contributed by atoms with van der Waals surface area (Å²) in [5.41, 5.74) is 7.62.